The molecule has 0 aliphatic heterocycles. The summed E-state index contributed by atoms with van der Waals surface area (Å²) in [7, 11) is 0. The summed E-state index contributed by atoms with van der Waals surface area (Å²) >= 11 is 0. The molecule has 0 radical (unpaired) electrons. The minimum absolute atomic E-state index is 0.324. The molecule has 2 heteroatoms. The Hall–Kier alpha value is -0.530. The van der Waals surface area contributed by atoms with Gasteiger partial charge in [-0.2, -0.15) is 0 Å². The smallest absolute Gasteiger partial charge is 0.222 e. The lowest BCUT2D eigenvalue weighted by molar-refractivity contribution is -0.132. The van der Waals surface area contributed by atoms with Crippen molar-refractivity contribution in [3.8, 4) is 0 Å². The van der Waals surface area contributed by atoms with E-state index in [1.807, 2.05) is 11.8 Å². The van der Waals surface area contributed by atoms with E-state index in [2.05, 4.69) is 6.92 Å². The molecule has 0 bridgehead atoms. The third-order valence-corrected chi connectivity index (χ3v) is 2.73. The van der Waals surface area contributed by atoms with E-state index >= 15 is 0 Å². The van der Waals surface area contributed by atoms with Crippen molar-refractivity contribution in [2.75, 3.05) is 6.54 Å². The molecule has 0 aromatic rings. The van der Waals surface area contributed by atoms with Crippen LogP contribution in [0.25, 0.3) is 0 Å². The highest BCUT2D eigenvalue weighted by atomic mass is 16.2. The summed E-state index contributed by atoms with van der Waals surface area (Å²) in [5.41, 5.74) is 0. The molecule has 0 N–H and O–H groups in total. The van der Waals surface area contributed by atoms with Gasteiger partial charge in [-0.3, -0.25) is 4.79 Å². The Labute approximate surface area is 74.9 Å². The van der Waals surface area contributed by atoms with Gasteiger partial charge in [0.1, 0.15) is 0 Å². The number of nitrogens with zero attached hydrogens (tertiary/aromatic N) is 1. The maximum atomic E-state index is 11.5. The zero-order valence-electron chi connectivity index (χ0n) is 8.18. The topological polar surface area (TPSA) is 20.3 Å². The fraction of sp³-hybridized carbons (Fsp3) is 0.900. The Morgan fingerprint density at radius 1 is 1.33 bits per heavy atom. The molecule has 2 nitrogen and oxygen atoms in total. The highest BCUT2D eigenvalue weighted by Gasteiger charge is 2.23. The van der Waals surface area contributed by atoms with Crippen LogP contribution in [0.1, 0.15) is 46.0 Å². The molecule has 12 heavy (non-hydrogen) atoms. The van der Waals surface area contributed by atoms with E-state index < -0.39 is 0 Å². The van der Waals surface area contributed by atoms with Crippen LogP contribution in [0.3, 0.4) is 0 Å². The summed E-state index contributed by atoms with van der Waals surface area (Å²) in [6.07, 6.45) is 5.71. The Kier molecular flexibility index (Phi) is 3.57. The predicted molar refractivity (Wildman–Crippen MR) is 49.9 cm³/mol. The van der Waals surface area contributed by atoms with Crippen molar-refractivity contribution >= 4 is 5.91 Å². The zero-order valence-corrected chi connectivity index (χ0v) is 8.18. The van der Waals surface area contributed by atoms with E-state index in [9.17, 15) is 4.79 Å². The van der Waals surface area contributed by atoms with Crippen molar-refractivity contribution < 1.29 is 4.79 Å². The number of amides is 1. The molecule has 1 aliphatic rings. The molecular weight excluding hydrogens is 150 g/mol. The summed E-state index contributed by atoms with van der Waals surface area (Å²) < 4.78 is 0. The van der Waals surface area contributed by atoms with Crippen LogP contribution in [0.15, 0.2) is 0 Å². The van der Waals surface area contributed by atoms with Crippen LogP contribution in [0, 0.1) is 0 Å². The normalized spacial score (nSPS) is 18.2. The SMILES string of the molecule is CCC(=O)N(CC)C1CCCC1. The van der Waals surface area contributed by atoms with Gasteiger partial charge in [0, 0.05) is 19.0 Å². The van der Waals surface area contributed by atoms with Crippen LogP contribution in [0.4, 0.5) is 0 Å². The van der Waals surface area contributed by atoms with Gasteiger partial charge >= 0.3 is 0 Å². The molecule has 0 aromatic carbocycles. The van der Waals surface area contributed by atoms with Gasteiger partial charge in [0.2, 0.25) is 5.91 Å². The lowest BCUT2D eigenvalue weighted by atomic mass is 10.2. The summed E-state index contributed by atoms with van der Waals surface area (Å²) in [5, 5.41) is 0. The zero-order chi connectivity index (χ0) is 8.97. The summed E-state index contributed by atoms with van der Waals surface area (Å²) in [6, 6.07) is 0.558. The Balaban J connectivity index is 2.48. The number of rotatable bonds is 3. The average molecular weight is 169 g/mol. The number of carbonyl (C=O) groups excluding carboxylic acids is 1. The first-order chi connectivity index (χ1) is 5.79. The van der Waals surface area contributed by atoms with Gasteiger partial charge in [0.25, 0.3) is 0 Å². The average Bonchev–Trinajstić information content (AvgIpc) is 2.58. The van der Waals surface area contributed by atoms with Gasteiger partial charge < -0.3 is 4.90 Å². The molecule has 1 fully saturated rings. The molecule has 1 saturated carbocycles. The fourth-order valence-electron chi connectivity index (χ4n) is 2.06. The minimum Gasteiger partial charge on any atom is -0.340 e. The van der Waals surface area contributed by atoms with E-state index in [-0.39, 0.29) is 0 Å². The second kappa shape index (κ2) is 4.48. The van der Waals surface area contributed by atoms with Gasteiger partial charge in [0.05, 0.1) is 0 Å². The van der Waals surface area contributed by atoms with Crippen LogP contribution in [0.5, 0.6) is 0 Å². The molecule has 0 aromatic heterocycles. The summed E-state index contributed by atoms with van der Waals surface area (Å²) in [6.45, 7) is 4.91. The van der Waals surface area contributed by atoms with E-state index in [1.54, 1.807) is 0 Å². The molecular formula is C10H19NO. The number of hydrogen-bond acceptors (Lipinski definition) is 1. The lowest BCUT2D eigenvalue weighted by Crippen LogP contribution is -2.38. The minimum atomic E-state index is 0.324. The maximum absolute atomic E-state index is 11.5. The first-order valence-electron chi connectivity index (χ1n) is 5.09. The molecule has 1 rings (SSSR count). The Morgan fingerprint density at radius 3 is 2.33 bits per heavy atom. The highest BCUT2D eigenvalue weighted by Crippen LogP contribution is 2.23. The quantitative estimate of drug-likeness (QED) is 0.634. The van der Waals surface area contributed by atoms with Crippen molar-refractivity contribution in [2.45, 2.75) is 52.0 Å². The van der Waals surface area contributed by atoms with Gasteiger partial charge in [-0.25, -0.2) is 0 Å². The van der Waals surface area contributed by atoms with Gasteiger partial charge in [-0.15, -0.1) is 0 Å². The summed E-state index contributed by atoms with van der Waals surface area (Å²) in [5.74, 6) is 0.324. The van der Waals surface area contributed by atoms with Crippen LogP contribution < -0.4 is 0 Å². The van der Waals surface area contributed by atoms with Crippen molar-refractivity contribution in [1.29, 1.82) is 0 Å². The Bertz CT molecular complexity index is 150. The molecule has 70 valence electrons. The number of carbonyl (C=O) groups is 1. The first kappa shape index (κ1) is 9.56. The number of hydrogen-bond donors (Lipinski definition) is 0. The van der Waals surface area contributed by atoms with Crippen LogP contribution in [-0.2, 0) is 4.79 Å². The largest absolute Gasteiger partial charge is 0.340 e. The molecule has 1 amide bonds. The first-order valence-corrected chi connectivity index (χ1v) is 5.09. The molecule has 0 unspecified atom stereocenters. The predicted octanol–water partition coefficient (Wildman–Crippen LogP) is 2.19. The maximum Gasteiger partial charge on any atom is 0.222 e. The van der Waals surface area contributed by atoms with E-state index in [0.29, 0.717) is 18.4 Å². The third kappa shape index (κ3) is 1.99. The van der Waals surface area contributed by atoms with Crippen LogP contribution in [-0.4, -0.2) is 23.4 Å². The molecule has 0 spiro atoms. The fourth-order valence-corrected chi connectivity index (χ4v) is 2.06. The summed E-state index contributed by atoms with van der Waals surface area (Å²) in [4.78, 5) is 13.5. The second-order valence-corrected chi connectivity index (χ2v) is 3.47. The van der Waals surface area contributed by atoms with E-state index in [1.165, 1.54) is 25.7 Å². The molecule has 1 aliphatic carbocycles. The van der Waals surface area contributed by atoms with Crippen molar-refractivity contribution in [3.63, 3.8) is 0 Å². The van der Waals surface area contributed by atoms with Crippen molar-refractivity contribution in [2.24, 2.45) is 0 Å². The highest BCUT2D eigenvalue weighted by molar-refractivity contribution is 5.76. The van der Waals surface area contributed by atoms with Crippen LogP contribution >= 0.6 is 0 Å². The molecule has 0 heterocycles. The van der Waals surface area contributed by atoms with Crippen LogP contribution in [0.2, 0.25) is 0 Å². The Morgan fingerprint density at radius 2 is 1.92 bits per heavy atom. The van der Waals surface area contributed by atoms with Gasteiger partial charge in [0.15, 0.2) is 0 Å². The monoisotopic (exact) mass is 169 g/mol. The van der Waals surface area contributed by atoms with Gasteiger partial charge in [-0.05, 0) is 19.8 Å². The van der Waals surface area contributed by atoms with E-state index in [4.69, 9.17) is 0 Å². The third-order valence-electron chi connectivity index (χ3n) is 2.73. The second-order valence-electron chi connectivity index (χ2n) is 3.47. The van der Waals surface area contributed by atoms with Crippen molar-refractivity contribution in [3.05, 3.63) is 0 Å². The standard InChI is InChI=1S/C10H19NO/c1-3-10(12)11(4-2)9-7-5-6-8-9/h9H,3-8H2,1-2H3. The van der Waals surface area contributed by atoms with Gasteiger partial charge in [-0.1, -0.05) is 19.8 Å². The lowest BCUT2D eigenvalue weighted by Gasteiger charge is -2.27. The van der Waals surface area contributed by atoms with Crippen molar-refractivity contribution in [1.82, 2.24) is 4.90 Å². The molecule has 0 saturated heterocycles. The molecule has 0 atom stereocenters. The van der Waals surface area contributed by atoms with E-state index in [0.717, 1.165) is 6.54 Å².